The van der Waals surface area contributed by atoms with E-state index in [-0.39, 0.29) is 18.1 Å². The molecular formula is C11H19NO3. The number of esters is 1. The van der Waals surface area contributed by atoms with Crippen LogP contribution in [0.15, 0.2) is 0 Å². The summed E-state index contributed by atoms with van der Waals surface area (Å²) in [6, 6.07) is -0.230. The molecule has 2 rings (SSSR count). The van der Waals surface area contributed by atoms with Crippen LogP contribution < -0.4 is 5.73 Å². The van der Waals surface area contributed by atoms with Crippen LogP contribution in [-0.4, -0.2) is 31.3 Å². The third-order valence-electron chi connectivity index (χ3n) is 3.56. The highest BCUT2D eigenvalue weighted by Crippen LogP contribution is 2.31. The summed E-state index contributed by atoms with van der Waals surface area (Å²) < 4.78 is 10.7. The van der Waals surface area contributed by atoms with Crippen LogP contribution in [-0.2, 0) is 14.3 Å². The summed E-state index contributed by atoms with van der Waals surface area (Å²) in [4.78, 5) is 12.0. The van der Waals surface area contributed by atoms with E-state index in [0.29, 0.717) is 13.2 Å². The van der Waals surface area contributed by atoms with E-state index < -0.39 is 5.41 Å². The minimum atomic E-state index is -0.636. The van der Waals surface area contributed by atoms with Crippen LogP contribution in [0.4, 0.5) is 0 Å². The molecule has 0 aromatic heterocycles. The first-order chi connectivity index (χ1) is 7.13. The molecule has 0 aromatic rings. The van der Waals surface area contributed by atoms with Crippen molar-refractivity contribution in [3.63, 3.8) is 0 Å². The summed E-state index contributed by atoms with van der Waals surface area (Å²) in [6.07, 6.45) is 4.44. The fourth-order valence-electron chi connectivity index (χ4n) is 2.19. The molecule has 4 heteroatoms. The summed E-state index contributed by atoms with van der Waals surface area (Å²) in [5, 5.41) is 0. The molecule has 4 nitrogen and oxygen atoms in total. The Labute approximate surface area is 90.1 Å². The second-order valence-corrected chi connectivity index (χ2v) is 4.85. The van der Waals surface area contributed by atoms with E-state index in [1.54, 1.807) is 0 Å². The van der Waals surface area contributed by atoms with E-state index in [1.807, 2.05) is 6.92 Å². The summed E-state index contributed by atoms with van der Waals surface area (Å²) in [6.45, 7) is 2.68. The Kier molecular flexibility index (Phi) is 2.98. The largest absolute Gasteiger partial charge is 0.462 e. The summed E-state index contributed by atoms with van der Waals surface area (Å²) >= 11 is 0. The lowest BCUT2D eigenvalue weighted by atomic mass is 9.86. The quantitative estimate of drug-likeness (QED) is 0.690. The zero-order valence-electron chi connectivity index (χ0n) is 9.20. The number of carbonyl (C=O) groups is 1. The Morgan fingerprint density at radius 2 is 2.13 bits per heavy atom. The molecule has 0 bridgehead atoms. The standard InChI is InChI=1S/C11H19NO3/c1-11(7-14-6-9(11)12)10(13)15-8-4-2-3-5-8/h8-9H,2-7,12H2,1H3. The molecule has 2 aliphatic rings. The highest BCUT2D eigenvalue weighted by molar-refractivity contribution is 5.78. The van der Waals surface area contributed by atoms with Crippen LogP contribution in [0.1, 0.15) is 32.6 Å². The van der Waals surface area contributed by atoms with Crippen molar-refractivity contribution in [3.8, 4) is 0 Å². The normalized spacial score (nSPS) is 37.1. The van der Waals surface area contributed by atoms with E-state index in [9.17, 15) is 4.79 Å². The predicted octanol–water partition coefficient (Wildman–Crippen LogP) is 0.836. The van der Waals surface area contributed by atoms with Crippen molar-refractivity contribution in [2.75, 3.05) is 13.2 Å². The van der Waals surface area contributed by atoms with Gasteiger partial charge in [0.15, 0.2) is 0 Å². The van der Waals surface area contributed by atoms with Crippen LogP contribution in [0.2, 0.25) is 0 Å². The third-order valence-corrected chi connectivity index (χ3v) is 3.56. The lowest BCUT2D eigenvalue weighted by Crippen LogP contribution is -2.46. The van der Waals surface area contributed by atoms with Crippen molar-refractivity contribution in [2.45, 2.75) is 44.8 Å². The van der Waals surface area contributed by atoms with Gasteiger partial charge >= 0.3 is 5.97 Å². The van der Waals surface area contributed by atoms with Gasteiger partial charge in [-0.3, -0.25) is 4.79 Å². The second-order valence-electron chi connectivity index (χ2n) is 4.85. The predicted molar refractivity (Wildman–Crippen MR) is 55.2 cm³/mol. The Bertz CT molecular complexity index is 250. The molecule has 0 radical (unpaired) electrons. The molecule has 0 aromatic carbocycles. The zero-order valence-corrected chi connectivity index (χ0v) is 9.20. The maximum Gasteiger partial charge on any atom is 0.316 e. The number of rotatable bonds is 2. The van der Waals surface area contributed by atoms with Crippen molar-refractivity contribution in [3.05, 3.63) is 0 Å². The van der Waals surface area contributed by atoms with E-state index in [4.69, 9.17) is 15.2 Å². The molecule has 1 aliphatic heterocycles. The minimum Gasteiger partial charge on any atom is -0.462 e. The smallest absolute Gasteiger partial charge is 0.316 e. The lowest BCUT2D eigenvalue weighted by Gasteiger charge is -2.26. The molecule has 1 saturated carbocycles. The van der Waals surface area contributed by atoms with Gasteiger partial charge in [-0.15, -0.1) is 0 Å². The van der Waals surface area contributed by atoms with Gasteiger partial charge < -0.3 is 15.2 Å². The number of carbonyl (C=O) groups excluding carboxylic acids is 1. The number of hydrogen-bond donors (Lipinski definition) is 1. The van der Waals surface area contributed by atoms with Gasteiger partial charge in [-0.05, 0) is 32.6 Å². The molecule has 2 unspecified atom stereocenters. The van der Waals surface area contributed by atoms with Crippen LogP contribution in [0.25, 0.3) is 0 Å². The summed E-state index contributed by atoms with van der Waals surface area (Å²) in [5.74, 6) is -0.181. The van der Waals surface area contributed by atoms with E-state index in [0.717, 1.165) is 25.7 Å². The molecule has 15 heavy (non-hydrogen) atoms. The molecule has 2 fully saturated rings. The maximum absolute atomic E-state index is 12.0. The Hall–Kier alpha value is -0.610. The van der Waals surface area contributed by atoms with Gasteiger partial charge in [0.05, 0.1) is 13.2 Å². The molecule has 0 spiro atoms. The van der Waals surface area contributed by atoms with Gasteiger partial charge in [0.25, 0.3) is 0 Å². The van der Waals surface area contributed by atoms with Crippen molar-refractivity contribution in [1.29, 1.82) is 0 Å². The first kappa shape index (κ1) is 10.9. The van der Waals surface area contributed by atoms with Gasteiger partial charge in [0.2, 0.25) is 0 Å². The van der Waals surface area contributed by atoms with Gasteiger partial charge in [0.1, 0.15) is 11.5 Å². The highest BCUT2D eigenvalue weighted by Gasteiger charge is 2.46. The number of nitrogens with two attached hydrogens (primary N) is 1. The fraction of sp³-hybridized carbons (Fsp3) is 0.909. The van der Waals surface area contributed by atoms with Crippen molar-refractivity contribution < 1.29 is 14.3 Å². The van der Waals surface area contributed by atoms with E-state index in [2.05, 4.69) is 0 Å². The van der Waals surface area contributed by atoms with Crippen molar-refractivity contribution in [2.24, 2.45) is 11.1 Å². The number of ether oxygens (including phenoxy) is 2. The summed E-state index contributed by atoms with van der Waals surface area (Å²) in [7, 11) is 0. The zero-order chi connectivity index (χ0) is 10.9. The first-order valence-corrected chi connectivity index (χ1v) is 5.67. The molecule has 1 saturated heterocycles. The Morgan fingerprint density at radius 3 is 2.67 bits per heavy atom. The van der Waals surface area contributed by atoms with E-state index >= 15 is 0 Å². The molecular weight excluding hydrogens is 194 g/mol. The molecule has 86 valence electrons. The van der Waals surface area contributed by atoms with Crippen LogP contribution in [0, 0.1) is 5.41 Å². The second kappa shape index (κ2) is 4.10. The van der Waals surface area contributed by atoms with Crippen molar-refractivity contribution in [1.82, 2.24) is 0 Å². The Morgan fingerprint density at radius 1 is 1.47 bits per heavy atom. The first-order valence-electron chi connectivity index (χ1n) is 5.67. The molecule has 1 heterocycles. The molecule has 2 N–H and O–H groups in total. The average molecular weight is 213 g/mol. The van der Waals surface area contributed by atoms with Gasteiger partial charge in [-0.2, -0.15) is 0 Å². The monoisotopic (exact) mass is 213 g/mol. The van der Waals surface area contributed by atoms with Crippen LogP contribution >= 0.6 is 0 Å². The third kappa shape index (κ3) is 2.01. The van der Waals surface area contributed by atoms with Crippen LogP contribution in [0.3, 0.4) is 0 Å². The average Bonchev–Trinajstić information content (AvgIpc) is 2.79. The van der Waals surface area contributed by atoms with Crippen LogP contribution in [0.5, 0.6) is 0 Å². The molecule has 0 amide bonds. The topological polar surface area (TPSA) is 61.5 Å². The van der Waals surface area contributed by atoms with Gasteiger partial charge in [-0.1, -0.05) is 0 Å². The minimum absolute atomic E-state index is 0.113. The fourth-order valence-corrected chi connectivity index (χ4v) is 2.19. The van der Waals surface area contributed by atoms with Crippen molar-refractivity contribution >= 4 is 5.97 Å². The SMILES string of the molecule is CC1(C(=O)OC2CCCC2)COCC1N. The van der Waals surface area contributed by atoms with E-state index in [1.165, 1.54) is 0 Å². The van der Waals surface area contributed by atoms with Gasteiger partial charge in [0, 0.05) is 6.04 Å². The molecule has 1 aliphatic carbocycles. The highest BCUT2D eigenvalue weighted by atomic mass is 16.6. The lowest BCUT2D eigenvalue weighted by molar-refractivity contribution is -0.160. The summed E-state index contributed by atoms with van der Waals surface area (Å²) in [5.41, 5.74) is 5.23. The maximum atomic E-state index is 12.0. The van der Waals surface area contributed by atoms with Gasteiger partial charge in [-0.25, -0.2) is 0 Å². The molecule has 2 atom stereocenters. The Balaban J connectivity index is 1.94. The number of hydrogen-bond acceptors (Lipinski definition) is 4.